The number of hydrogen-bond donors (Lipinski definition) is 0. The number of rotatable bonds is 7. The first kappa shape index (κ1) is 16.1. The van der Waals surface area contributed by atoms with Gasteiger partial charge in [0.2, 0.25) is 5.89 Å². The molecular formula is C18H16BrNO2S. The van der Waals surface area contributed by atoms with Crippen LogP contribution in [0.2, 0.25) is 0 Å². The van der Waals surface area contributed by atoms with Gasteiger partial charge in [0.15, 0.2) is 5.76 Å². The molecular weight excluding hydrogens is 374 g/mol. The topological polar surface area (TPSA) is 35.3 Å². The van der Waals surface area contributed by atoms with Gasteiger partial charge >= 0.3 is 0 Å². The number of oxazole rings is 1. The second-order valence-electron chi connectivity index (χ2n) is 4.84. The first-order chi connectivity index (χ1) is 11.3. The summed E-state index contributed by atoms with van der Waals surface area (Å²) in [6.07, 6.45) is 1.78. The molecule has 0 unspecified atom stereocenters. The van der Waals surface area contributed by atoms with Crippen molar-refractivity contribution >= 4 is 27.7 Å². The maximum atomic E-state index is 5.79. The highest BCUT2D eigenvalue weighted by Gasteiger charge is 2.06. The average molecular weight is 390 g/mol. The Morgan fingerprint density at radius 2 is 1.83 bits per heavy atom. The van der Waals surface area contributed by atoms with Gasteiger partial charge < -0.3 is 9.15 Å². The third-order valence-electron chi connectivity index (χ3n) is 3.15. The van der Waals surface area contributed by atoms with Crippen molar-refractivity contribution in [2.45, 2.75) is 5.75 Å². The monoisotopic (exact) mass is 389 g/mol. The van der Waals surface area contributed by atoms with Crippen LogP contribution in [0.25, 0.3) is 11.3 Å². The van der Waals surface area contributed by atoms with E-state index in [1.165, 1.54) is 0 Å². The van der Waals surface area contributed by atoms with Gasteiger partial charge in [0.1, 0.15) is 5.75 Å². The molecule has 1 heterocycles. The third-order valence-corrected chi connectivity index (χ3v) is 4.58. The molecule has 0 N–H and O–H groups in total. The maximum absolute atomic E-state index is 5.79. The molecule has 3 nitrogen and oxygen atoms in total. The molecule has 0 aliphatic rings. The van der Waals surface area contributed by atoms with Crippen LogP contribution >= 0.6 is 27.7 Å². The van der Waals surface area contributed by atoms with Gasteiger partial charge in [-0.15, -0.1) is 11.8 Å². The van der Waals surface area contributed by atoms with Crippen LogP contribution in [0.4, 0.5) is 0 Å². The number of benzene rings is 2. The normalized spacial score (nSPS) is 10.7. The van der Waals surface area contributed by atoms with E-state index >= 15 is 0 Å². The highest BCUT2D eigenvalue weighted by molar-refractivity contribution is 9.10. The average Bonchev–Trinajstić information content (AvgIpc) is 3.05. The van der Waals surface area contributed by atoms with E-state index in [2.05, 4.69) is 20.9 Å². The van der Waals surface area contributed by atoms with Gasteiger partial charge in [-0.25, -0.2) is 4.98 Å². The number of aromatic nitrogens is 1. The van der Waals surface area contributed by atoms with Gasteiger partial charge in [-0.3, -0.25) is 0 Å². The van der Waals surface area contributed by atoms with Gasteiger partial charge in [-0.1, -0.05) is 46.3 Å². The minimum atomic E-state index is 0.676. The Labute approximate surface area is 148 Å². The van der Waals surface area contributed by atoms with Crippen molar-refractivity contribution < 1.29 is 9.15 Å². The highest BCUT2D eigenvalue weighted by Crippen LogP contribution is 2.24. The molecule has 5 heteroatoms. The molecule has 0 atom stereocenters. The van der Waals surface area contributed by atoms with Crippen LogP contribution in [0.1, 0.15) is 5.89 Å². The van der Waals surface area contributed by atoms with Crippen molar-refractivity contribution in [2.75, 3.05) is 12.4 Å². The van der Waals surface area contributed by atoms with Crippen LogP contribution < -0.4 is 4.74 Å². The van der Waals surface area contributed by atoms with Crippen LogP contribution in [-0.4, -0.2) is 17.3 Å². The number of para-hydroxylation sites is 1. The molecule has 3 aromatic rings. The summed E-state index contributed by atoms with van der Waals surface area (Å²) >= 11 is 5.18. The third kappa shape index (κ3) is 4.88. The standard InChI is InChI=1S/C18H16BrNO2S/c19-15-8-6-14(7-9-15)17-12-20-18(22-17)13-23-11-10-21-16-4-2-1-3-5-16/h1-9,12H,10-11,13H2. The largest absolute Gasteiger partial charge is 0.493 e. The predicted octanol–water partition coefficient (Wildman–Crippen LogP) is 5.42. The number of hydrogen-bond acceptors (Lipinski definition) is 4. The molecule has 0 bridgehead atoms. The maximum Gasteiger partial charge on any atom is 0.204 e. The fraction of sp³-hybridized carbons (Fsp3) is 0.167. The highest BCUT2D eigenvalue weighted by atomic mass is 79.9. The summed E-state index contributed by atoms with van der Waals surface area (Å²) in [6.45, 7) is 0.676. The van der Waals surface area contributed by atoms with E-state index in [1.54, 1.807) is 18.0 Å². The molecule has 118 valence electrons. The number of nitrogens with zero attached hydrogens (tertiary/aromatic N) is 1. The predicted molar refractivity (Wildman–Crippen MR) is 97.7 cm³/mol. The van der Waals surface area contributed by atoms with E-state index in [4.69, 9.17) is 9.15 Å². The Morgan fingerprint density at radius 1 is 1.04 bits per heavy atom. The zero-order valence-corrected chi connectivity index (χ0v) is 14.8. The van der Waals surface area contributed by atoms with Crippen molar-refractivity contribution in [2.24, 2.45) is 0 Å². The number of halogens is 1. The summed E-state index contributed by atoms with van der Waals surface area (Å²) < 4.78 is 12.5. The van der Waals surface area contributed by atoms with Crippen LogP contribution in [0.3, 0.4) is 0 Å². The van der Waals surface area contributed by atoms with E-state index in [1.807, 2.05) is 54.6 Å². The minimum absolute atomic E-state index is 0.676. The van der Waals surface area contributed by atoms with Gasteiger partial charge in [0.05, 0.1) is 18.6 Å². The zero-order chi connectivity index (χ0) is 15.9. The van der Waals surface area contributed by atoms with E-state index < -0.39 is 0 Å². The summed E-state index contributed by atoms with van der Waals surface area (Å²) in [5.41, 5.74) is 1.03. The lowest BCUT2D eigenvalue weighted by molar-refractivity contribution is 0.344. The number of ether oxygens (including phenoxy) is 1. The Morgan fingerprint density at radius 3 is 2.61 bits per heavy atom. The quantitative estimate of drug-likeness (QED) is 0.505. The van der Waals surface area contributed by atoms with E-state index in [0.717, 1.165) is 38.9 Å². The minimum Gasteiger partial charge on any atom is -0.493 e. The second-order valence-corrected chi connectivity index (χ2v) is 6.86. The summed E-state index contributed by atoms with van der Waals surface area (Å²) in [5, 5.41) is 0. The van der Waals surface area contributed by atoms with E-state index in [-0.39, 0.29) is 0 Å². The first-order valence-electron chi connectivity index (χ1n) is 7.27. The molecule has 0 aliphatic carbocycles. The van der Waals surface area contributed by atoms with E-state index in [9.17, 15) is 0 Å². The molecule has 3 rings (SSSR count). The van der Waals surface area contributed by atoms with Gasteiger partial charge in [-0.05, 0) is 24.3 Å². The van der Waals surface area contributed by atoms with Gasteiger partial charge in [0.25, 0.3) is 0 Å². The van der Waals surface area contributed by atoms with Crippen molar-refractivity contribution in [1.82, 2.24) is 4.98 Å². The van der Waals surface area contributed by atoms with Gasteiger partial charge in [0, 0.05) is 15.8 Å². The van der Waals surface area contributed by atoms with Crippen LogP contribution in [-0.2, 0) is 5.75 Å². The van der Waals surface area contributed by atoms with Crippen molar-refractivity contribution in [3.05, 3.63) is 71.2 Å². The molecule has 2 aromatic carbocycles. The smallest absolute Gasteiger partial charge is 0.204 e. The van der Waals surface area contributed by atoms with Crippen LogP contribution in [0.5, 0.6) is 5.75 Å². The molecule has 0 fully saturated rings. The summed E-state index contributed by atoms with van der Waals surface area (Å²) in [6, 6.07) is 17.8. The lowest BCUT2D eigenvalue weighted by atomic mass is 10.2. The number of thioether (sulfide) groups is 1. The molecule has 0 amide bonds. The molecule has 23 heavy (non-hydrogen) atoms. The van der Waals surface area contributed by atoms with Crippen molar-refractivity contribution in [3.63, 3.8) is 0 Å². The zero-order valence-electron chi connectivity index (χ0n) is 12.4. The summed E-state index contributed by atoms with van der Waals surface area (Å²) in [4.78, 5) is 4.33. The van der Waals surface area contributed by atoms with E-state index in [0.29, 0.717) is 6.61 Å². The molecule has 0 spiro atoms. The molecule has 0 saturated heterocycles. The van der Waals surface area contributed by atoms with Crippen LogP contribution in [0.15, 0.2) is 69.7 Å². The molecule has 0 saturated carbocycles. The first-order valence-corrected chi connectivity index (χ1v) is 9.22. The second kappa shape index (κ2) is 8.22. The Bertz CT molecular complexity index is 728. The Kier molecular flexibility index (Phi) is 5.77. The Hall–Kier alpha value is -1.72. The molecule has 1 aromatic heterocycles. The Balaban J connectivity index is 1.43. The SMILES string of the molecule is Brc1ccc(-c2cnc(CSCCOc3ccccc3)o2)cc1. The van der Waals surface area contributed by atoms with Crippen molar-refractivity contribution in [3.8, 4) is 17.1 Å². The summed E-state index contributed by atoms with van der Waals surface area (Å²) in [5.74, 6) is 4.09. The summed E-state index contributed by atoms with van der Waals surface area (Å²) in [7, 11) is 0. The van der Waals surface area contributed by atoms with Crippen molar-refractivity contribution in [1.29, 1.82) is 0 Å². The lowest BCUT2D eigenvalue weighted by Gasteiger charge is -2.04. The fourth-order valence-corrected chi connectivity index (χ4v) is 2.94. The lowest BCUT2D eigenvalue weighted by Crippen LogP contribution is -2.00. The molecule has 0 aliphatic heterocycles. The molecule has 0 radical (unpaired) electrons. The fourth-order valence-electron chi connectivity index (χ4n) is 2.02. The van der Waals surface area contributed by atoms with Gasteiger partial charge in [-0.2, -0.15) is 0 Å². The van der Waals surface area contributed by atoms with Crippen LogP contribution in [0, 0.1) is 0 Å².